The molecular formula is C17H24N2O4. The van der Waals surface area contributed by atoms with Crippen LogP contribution in [0.25, 0.3) is 0 Å². The number of morpholine rings is 1. The highest BCUT2D eigenvalue weighted by atomic mass is 16.5. The summed E-state index contributed by atoms with van der Waals surface area (Å²) < 4.78 is 10.8. The summed E-state index contributed by atoms with van der Waals surface area (Å²) in [5.74, 6) is 0.487. The smallest absolute Gasteiger partial charge is 0.289 e. The van der Waals surface area contributed by atoms with Crippen LogP contribution in [-0.2, 0) is 9.53 Å². The SMILES string of the molecule is CC1CN(C(=O)C2CCN(C(=O)c3ccco3)CC2)C(C)CO1. The van der Waals surface area contributed by atoms with Gasteiger partial charge in [-0.25, -0.2) is 0 Å². The zero-order chi connectivity index (χ0) is 16.4. The Morgan fingerprint density at radius 1 is 1.22 bits per heavy atom. The van der Waals surface area contributed by atoms with Gasteiger partial charge >= 0.3 is 0 Å². The standard InChI is InChI=1S/C17H24N2O4/c1-12-11-23-13(2)10-19(12)16(20)14-5-7-18(8-6-14)17(21)15-4-3-9-22-15/h3-4,9,12-14H,5-8,10-11H2,1-2H3. The molecule has 2 saturated heterocycles. The van der Waals surface area contributed by atoms with Gasteiger partial charge in [-0.3, -0.25) is 9.59 Å². The van der Waals surface area contributed by atoms with Crippen molar-refractivity contribution >= 4 is 11.8 Å². The molecule has 3 heterocycles. The summed E-state index contributed by atoms with van der Waals surface area (Å²) in [4.78, 5) is 28.7. The Hall–Kier alpha value is -1.82. The average Bonchev–Trinajstić information content (AvgIpc) is 3.10. The zero-order valence-electron chi connectivity index (χ0n) is 13.7. The van der Waals surface area contributed by atoms with E-state index in [9.17, 15) is 9.59 Å². The monoisotopic (exact) mass is 320 g/mol. The van der Waals surface area contributed by atoms with Crippen molar-refractivity contribution in [3.8, 4) is 0 Å². The van der Waals surface area contributed by atoms with Gasteiger partial charge in [-0.15, -0.1) is 0 Å². The summed E-state index contributed by atoms with van der Waals surface area (Å²) in [5.41, 5.74) is 0. The number of hydrogen-bond donors (Lipinski definition) is 0. The van der Waals surface area contributed by atoms with Gasteiger partial charge in [0.15, 0.2) is 5.76 Å². The Morgan fingerprint density at radius 3 is 2.61 bits per heavy atom. The van der Waals surface area contributed by atoms with Crippen LogP contribution in [0.2, 0.25) is 0 Å². The van der Waals surface area contributed by atoms with Crippen molar-refractivity contribution in [2.24, 2.45) is 5.92 Å². The molecule has 2 fully saturated rings. The van der Waals surface area contributed by atoms with Crippen molar-refractivity contribution in [2.45, 2.75) is 38.8 Å². The van der Waals surface area contributed by atoms with E-state index in [1.807, 2.05) is 18.7 Å². The van der Waals surface area contributed by atoms with E-state index in [0.29, 0.717) is 44.8 Å². The van der Waals surface area contributed by atoms with Gasteiger partial charge in [0.1, 0.15) is 0 Å². The molecule has 2 atom stereocenters. The van der Waals surface area contributed by atoms with Crippen molar-refractivity contribution in [3.05, 3.63) is 24.2 Å². The maximum absolute atomic E-state index is 12.8. The molecule has 2 aliphatic rings. The molecule has 6 heteroatoms. The number of rotatable bonds is 2. The van der Waals surface area contributed by atoms with Gasteiger partial charge < -0.3 is 19.0 Å². The van der Waals surface area contributed by atoms with E-state index in [2.05, 4.69) is 0 Å². The Morgan fingerprint density at radius 2 is 1.96 bits per heavy atom. The van der Waals surface area contributed by atoms with E-state index in [4.69, 9.17) is 9.15 Å². The number of carbonyl (C=O) groups excluding carboxylic acids is 2. The first kappa shape index (κ1) is 16.1. The van der Waals surface area contributed by atoms with Crippen molar-refractivity contribution in [2.75, 3.05) is 26.2 Å². The lowest BCUT2D eigenvalue weighted by Gasteiger charge is -2.40. The van der Waals surface area contributed by atoms with Gasteiger partial charge in [0.25, 0.3) is 5.91 Å². The van der Waals surface area contributed by atoms with Crippen LogP contribution in [-0.4, -0.2) is 60.0 Å². The summed E-state index contributed by atoms with van der Waals surface area (Å²) in [5, 5.41) is 0. The quantitative estimate of drug-likeness (QED) is 0.833. The first-order chi connectivity index (χ1) is 11.1. The van der Waals surface area contributed by atoms with E-state index >= 15 is 0 Å². The third-order valence-corrected chi connectivity index (χ3v) is 4.75. The van der Waals surface area contributed by atoms with Gasteiger partial charge in [-0.05, 0) is 38.8 Å². The van der Waals surface area contributed by atoms with Crippen LogP contribution in [0.5, 0.6) is 0 Å². The minimum absolute atomic E-state index is 0.00315. The summed E-state index contributed by atoms with van der Waals surface area (Å²) in [6.07, 6.45) is 3.02. The third kappa shape index (κ3) is 3.42. The first-order valence-corrected chi connectivity index (χ1v) is 8.31. The number of carbonyl (C=O) groups is 2. The molecule has 2 amide bonds. The minimum atomic E-state index is -0.0886. The number of hydrogen-bond acceptors (Lipinski definition) is 4. The lowest BCUT2D eigenvalue weighted by molar-refractivity contribution is -0.148. The highest BCUT2D eigenvalue weighted by Gasteiger charge is 2.35. The number of ether oxygens (including phenoxy) is 1. The molecule has 1 aromatic rings. The highest BCUT2D eigenvalue weighted by molar-refractivity contribution is 5.91. The van der Waals surface area contributed by atoms with Crippen molar-refractivity contribution in [1.29, 1.82) is 0 Å². The summed E-state index contributed by atoms with van der Waals surface area (Å²) >= 11 is 0. The fraction of sp³-hybridized carbons (Fsp3) is 0.647. The molecule has 1 aromatic heterocycles. The van der Waals surface area contributed by atoms with Crippen molar-refractivity contribution in [3.63, 3.8) is 0 Å². The predicted molar refractivity (Wildman–Crippen MR) is 83.9 cm³/mol. The molecule has 2 unspecified atom stereocenters. The van der Waals surface area contributed by atoms with Crippen LogP contribution >= 0.6 is 0 Å². The third-order valence-electron chi connectivity index (χ3n) is 4.75. The lowest BCUT2D eigenvalue weighted by atomic mass is 9.94. The Kier molecular flexibility index (Phi) is 4.71. The molecule has 0 aliphatic carbocycles. The molecule has 23 heavy (non-hydrogen) atoms. The molecule has 0 saturated carbocycles. The summed E-state index contributed by atoms with van der Waals surface area (Å²) in [6, 6.07) is 3.52. The second-order valence-electron chi connectivity index (χ2n) is 6.53. The van der Waals surface area contributed by atoms with Crippen LogP contribution in [0.1, 0.15) is 37.2 Å². The minimum Gasteiger partial charge on any atom is -0.459 e. The van der Waals surface area contributed by atoms with Crippen molar-refractivity contribution < 1.29 is 18.7 Å². The molecule has 0 spiro atoms. The Balaban J connectivity index is 1.56. The van der Waals surface area contributed by atoms with Gasteiger partial charge in [-0.2, -0.15) is 0 Å². The molecule has 0 aromatic carbocycles. The van der Waals surface area contributed by atoms with Gasteiger partial charge in [0.2, 0.25) is 5.91 Å². The number of likely N-dealkylation sites (tertiary alicyclic amines) is 1. The van der Waals surface area contributed by atoms with Crippen LogP contribution in [0.3, 0.4) is 0 Å². The number of furan rings is 1. The second-order valence-corrected chi connectivity index (χ2v) is 6.53. The summed E-state index contributed by atoms with van der Waals surface area (Å²) in [7, 11) is 0. The highest BCUT2D eigenvalue weighted by Crippen LogP contribution is 2.24. The average molecular weight is 320 g/mol. The Bertz CT molecular complexity index is 549. The molecule has 6 nitrogen and oxygen atoms in total. The van der Waals surface area contributed by atoms with Crippen LogP contribution in [0.15, 0.2) is 22.8 Å². The maximum atomic E-state index is 12.8. The van der Waals surface area contributed by atoms with Gasteiger partial charge in [0, 0.05) is 25.6 Å². The maximum Gasteiger partial charge on any atom is 0.289 e. The normalized spacial score (nSPS) is 26.3. The summed E-state index contributed by atoms with van der Waals surface area (Å²) in [6.45, 7) is 6.48. The van der Waals surface area contributed by atoms with E-state index in [0.717, 1.165) is 0 Å². The van der Waals surface area contributed by atoms with E-state index in [1.54, 1.807) is 17.0 Å². The van der Waals surface area contributed by atoms with E-state index in [1.165, 1.54) is 6.26 Å². The fourth-order valence-electron chi connectivity index (χ4n) is 3.33. The zero-order valence-corrected chi connectivity index (χ0v) is 13.7. The first-order valence-electron chi connectivity index (χ1n) is 8.31. The number of nitrogens with zero attached hydrogens (tertiary/aromatic N) is 2. The van der Waals surface area contributed by atoms with E-state index in [-0.39, 0.29) is 29.9 Å². The van der Waals surface area contributed by atoms with Crippen LogP contribution in [0, 0.1) is 5.92 Å². The van der Waals surface area contributed by atoms with Crippen LogP contribution < -0.4 is 0 Å². The second kappa shape index (κ2) is 6.74. The molecular weight excluding hydrogens is 296 g/mol. The molecule has 0 radical (unpaired) electrons. The number of piperidine rings is 1. The van der Waals surface area contributed by atoms with Crippen molar-refractivity contribution in [1.82, 2.24) is 9.80 Å². The molecule has 3 rings (SSSR count). The molecule has 0 N–H and O–H groups in total. The lowest BCUT2D eigenvalue weighted by Crippen LogP contribution is -2.53. The molecule has 2 aliphatic heterocycles. The fourth-order valence-corrected chi connectivity index (χ4v) is 3.33. The Labute approximate surface area is 136 Å². The van der Waals surface area contributed by atoms with Gasteiger partial charge in [0.05, 0.1) is 25.0 Å². The number of amides is 2. The molecule has 126 valence electrons. The largest absolute Gasteiger partial charge is 0.459 e. The van der Waals surface area contributed by atoms with E-state index < -0.39 is 0 Å². The molecule has 0 bridgehead atoms. The van der Waals surface area contributed by atoms with Crippen LogP contribution in [0.4, 0.5) is 0 Å². The van der Waals surface area contributed by atoms with Gasteiger partial charge in [-0.1, -0.05) is 0 Å². The predicted octanol–water partition coefficient (Wildman–Crippen LogP) is 1.77. The topological polar surface area (TPSA) is 63.0 Å².